The van der Waals surface area contributed by atoms with Gasteiger partial charge in [0.15, 0.2) is 5.78 Å². The minimum atomic E-state index is -0.497. The number of ether oxygens (including phenoxy) is 1. The second kappa shape index (κ2) is 8.93. The number of rotatable bonds is 5. The van der Waals surface area contributed by atoms with Gasteiger partial charge in [-0.1, -0.05) is 45.0 Å². The van der Waals surface area contributed by atoms with E-state index in [1.54, 1.807) is 18.2 Å². The fraction of sp³-hybridized carbons (Fsp3) is 0.208. The monoisotopic (exact) mass is 418 g/mol. The van der Waals surface area contributed by atoms with Gasteiger partial charge in [-0.15, -0.1) is 11.3 Å². The first kappa shape index (κ1) is 21.3. The molecule has 0 aliphatic rings. The van der Waals surface area contributed by atoms with Crippen molar-refractivity contribution in [2.24, 2.45) is 5.41 Å². The number of Topliss-reactive ketones (excluding diaryl/α,β-unsaturated/α-hetero) is 1. The summed E-state index contributed by atoms with van der Waals surface area (Å²) >= 11 is 1.25. The molecule has 0 bridgehead atoms. The molecule has 0 saturated heterocycles. The molecular formula is C24H22N2O3S. The van der Waals surface area contributed by atoms with Crippen LogP contribution in [0.4, 0.5) is 0 Å². The van der Waals surface area contributed by atoms with Crippen LogP contribution in [0.25, 0.3) is 12.2 Å². The van der Waals surface area contributed by atoms with E-state index in [0.717, 1.165) is 11.1 Å². The Kier molecular flexibility index (Phi) is 6.34. The zero-order valence-electron chi connectivity index (χ0n) is 17.1. The van der Waals surface area contributed by atoms with Gasteiger partial charge in [-0.05, 0) is 41.5 Å². The molecule has 0 spiro atoms. The fourth-order valence-electron chi connectivity index (χ4n) is 2.60. The number of nitriles is 1. The van der Waals surface area contributed by atoms with Crippen LogP contribution in [-0.2, 0) is 11.4 Å². The summed E-state index contributed by atoms with van der Waals surface area (Å²) in [7, 11) is 0. The Balaban J connectivity index is 1.82. The molecule has 0 aliphatic carbocycles. The first-order valence-corrected chi connectivity index (χ1v) is 10.3. The van der Waals surface area contributed by atoms with Crippen molar-refractivity contribution in [3.8, 4) is 11.8 Å². The van der Waals surface area contributed by atoms with Gasteiger partial charge in [-0.3, -0.25) is 9.59 Å². The van der Waals surface area contributed by atoms with Crippen molar-refractivity contribution >= 4 is 29.3 Å². The average molecular weight is 419 g/mol. The third kappa shape index (κ3) is 5.56. The van der Waals surface area contributed by atoms with Gasteiger partial charge in [0.25, 0.3) is 5.56 Å². The molecule has 1 N–H and O–H groups in total. The van der Waals surface area contributed by atoms with E-state index in [-0.39, 0.29) is 11.3 Å². The first-order valence-electron chi connectivity index (χ1n) is 9.43. The lowest BCUT2D eigenvalue weighted by Gasteiger charge is -2.12. The lowest BCUT2D eigenvalue weighted by Crippen LogP contribution is -2.22. The molecule has 30 heavy (non-hydrogen) atoms. The summed E-state index contributed by atoms with van der Waals surface area (Å²) < 4.78 is 6.89. The third-order valence-corrected chi connectivity index (χ3v) is 5.26. The Hall–Kier alpha value is -3.43. The molecule has 3 rings (SSSR count). The van der Waals surface area contributed by atoms with Crippen molar-refractivity contribution in [1.82, 2.24) is 4.98 Å². The second-order valence-electron chi connectivity index (χ2n) is 7.86. The second-order valence-corrected chi connectivity index (χ2v) is 8.94. The molecule has 0 unspecified atom stereocenters. The van der Waals surface area contributed by atoms with Gasteiger partial charge in [-0.25, -0.2) is 0 Å². The molecule has 3 aromatic rings. The van der Waals surface area contributed by atoms with Crippen molar-refractivity contribution in [1.29, 1.82) is 5.26 Å². The largest absolute Gasteiger partial charge is 0.489 e. The number of nitrogens with zero attached hydrogens (tertiary/aromatic N) is 1. The molecule has 1 aromatic heterocycles. The van der Waals surface area contributed by atoms with Crippen LogP contribution < -0.4 is 19.5 Å². The number of carbonyl (C=O) groups is 1. The van der Waals surface area contributed by atoms with E-state index < -0.39 is 5.41 Å². The number of aromatic nitrogens is 1. The van der Waals surface area contributed by atoms with Crippen molar-refractivity contribution in [2.75, 3.05) is 0 Å². The van der Waals surface area contributed by atoms with Crippen molar-refractivity contribution in [3.63, 3.8) is 0 Å². The first-order chi connectivity index (χ1) is 14.2. The highest BCUT2D eigenvalue weighted by atomic mass is 32.1. The predicted molar refractivity (Wildman–Crippen MR) is 119 cm³/mol. The molecule has 0 amide bonds. The van der Waals surface area contributed by atoms with Crippen LogP contribution in [-0.4, -0.2) is 10.8 Å². The van der Waals surface area contributed by atoms with Crippen LogP contribution in [0.1, 0.15) is 37.5 Å². The summed E-state index contributed by atoms with van der Waals surface area (Å²) in [6.45, 7) is 5.86. The summed E-state index contributed by atoms with van der Waals surface area (Å²) in [4.78, 5) is 27.2. The maximum Gasteiger partial charge on any atom is 0.266 e. The molecule has 0 saturated carbocycles. The highest BCUT2D eigenvalue weighted by Gasteiger charge is 2.18. The van der Waals surface area contributed by atoms with E-state index >= 15 is 0 Å². The van der Waals surface area contributed by atoms with E-state index in [1.807, 2.05) is 57.2 Å². The van der Waals surface area contributed by atoms with Crippen LogP contribution in [0.5, 0.6) is 5.75 Å². The molecular weight excluding hydrogens is 396 g/mol. The van der Waals surface area contributed by atoms with Crippen molar-refractivity contribution in [3.05, 3.63) is 84.8 Å². The highest BCUT2D eigenvalue weighted by molar-refractivity contribution is 7.07. The van der Waals surface area contributed by atoms with E-state index in [4.69, 9.17) is 10.00 Å². The van der Waals surface area contributed by atoms with Crippen LogP contribution in [0, 0.1) is 16.7 Å². The van der Waals surface area contributed by atoms with Crippen LogP contribution >= 0.6 is 11.3 Å². The lowest BCUT2D eigenvalue weighted by atomic mass is 9.91. The number of H-pyrrole nitrogens is 1. The van der Waals surface area contributed by atoms with Gasteiger partial charge in [0.05, 0.1) is 20.8 Å². The number of carbonyl (C=O) groups excluding carboxylic acids is 1. The molecule has 0 aliphatic heterocycles. The van der Waals surface area contributed by atoms with Crippen molar-refractivity contribution in [2.45, 2.75) is 27.4 Å². The van der Waals surface area contributed by atoms with Gasteiger partial charge in [0.2, 0.25) is 0 Å². The third-order valence-electron chi connectivity index (χ3n) is 4.30. The van der Waals surface area contributed by atoms with Crippen LogP contribution in [0.2, 0.25) is 0 Å². The summed E-state index contributed by atoms with van der Waals surface area (Å²) in [5.74, 6) is 0.621. The summed E-state index contributed by atoms with van der Waals surface area (Å²) in [5.41, 5.74) is 1.59. The number of hydrogen-bond acceptors (Lipinski definition) is 5. The van der Waals surface area contributed by atoms with Gasteiger partial charge in [0.1, 0.15) is 12.4 Å². The minimum absolute atomic E-state index is 0.0394. The Morgan fingerprint density at radius 1 is 1.20 bits per heavy atom. The number of ketones is 1. The zero-order chi connectivity index (χ0) is 21.7. The van der Waals surface area contributed by atoms with Crippen LogP contribution in [0.3, 0.4) is 0 Å². The zero-order valence-corrected chi connectivity index (χ0v) is 17.9. The standard InChI is InChI=1S/C24H22N2O3S/c1-24(2,3)21(27)13-22-26-23(28)20(30-22)12-16-6-5-9-19(11-16)29-15-18-8-4-7-17(10-18)14-25/h4-13H,15H2,1-3H3,(H,26,28)/b20-12+,22-13+. The number of aromatic amines is 1. The topological polar surface area (TPSA) is 82.9 Å². The summed E-state index contributed by atoms with van der Waals surface area (Å²) in [6, 6.07) is 16.8. The fourth-order valence-corrected chi connectivity index (χ4v) is 3.49. The normalized spacial score (nSPS) is 12.6. The van der Waals surface area contributed by atoms with E-state index in [2.05, 4.69) is 11.1 Å². The predicted octanol–water partition coefficient (Wildman–Crippen LogP) is 3.11. The number of hydrogen-bond donors (Lipinski definition) is 1. The van der Waals surface area contributed by atoms with E-state index in [9.17, 15) is 9.59 Å². The SMILES string of the molecule is CC(C)(C)C(=O)/C=c1\[nH]c(=O)/c(=C\c2cccc(OCc3cccc(C#N)c3)c2)s1. The smallest absolute Gasteiger partial charge is 0.266 e. The summed E-state index contributed by atoms with van der Waals surface area (Å²) in [6.07, 6.45) is 3.25. The number of nitrogens with one attached hydrogen (secondary N) is 1. The van der Waals surface area contributed by atoms with Crippen LogP contribution in [0.15, 0.2) is 53.3 Å². The molecule has 0 radical (unpaired) electrons. The average Bonchev–Trinajstić information content (AvgIpc) is 3.05. The van der Waals surface area contributed by atoms with E-state index in [1.165, 1.54) is 17.4 Å². The molecule has 5 nitrogen and oxygen atoms in total. The quantitative estimate of drug-likeness (QED) is 0.690. The van der Waals surface area contributed by atoms with Gasteiger partial charge >= 0.3 is 0 Å². The molecule has 0 fully saturated rings. The Bertz CT molecular complexity index is 1290. The maximum absolute atomic E-state index is 12.3. The molecule has 2 aromatic carbocycles. The molecule has 0 atom stereocenters. The van der Waals surface area contributed by atoms with Gasteiger partial charge in [-0.2, -0.15) is 5.26 Å². The molecule has 1 heterocycles. The summed E-state index contributed by atoms with van der Waals surface area (Å²) in [5, 5.41) is 8.99. The Labute approximate surface area is 178 Å². The number of thiazole rings is 1. The Morgan fingerprint density at radius 2 is 1.97 bits per heavy atom. The van der Waals surface area contributed by atoms with E-state index in [0.29, 0.717) is 27.1 Å². The molecule has 6 heteroatoms. The highest BCUT2D eigenvalue weighted by Crippen LogP contribution is 2.16. The maximum atomic E-state index is 12.3. The lowest BCUT2D eigenvalue weighted by molar-refractivity contribution is -0.119. The minimum Gasteiger partial charge on any atom is -0.489 e. The van der Waals surface area contributed by atoms with Crippen molar-refractivity contribution < 1.29 is 9.53 Å². The van der Waals surface area contributed by atoms with Gasteiger partial charge < -0.3 is 9.72 Å². The molecule has 152 valence electrons. The Morgan fingerprint density at radius 3 is 2.70 bits per heavy atom. The number of benzene rings is 2. The van der Waals surface area contributed by atoms with Gasteiger partial charge in [0, 0.05) is 11.5 Å².